The van der Waals surface area contributed by atoms with E-state index in [2.05, 4.69) is 105 Å². The minimum Gasteiger partial charge on any atom is -0.532 e. The first-order valence-corrected chi connectivity index (χ1v) is 14.3. The van der Waals surface area contributed by atoms with Crippen molar-refractivity contribution < 1.29 is 4.43 Å². The zero-order valence-corrected chi connectivity index (χ0v) is 21.5. The summed E-state index contributed by atoms with van der Waals surface area (Å²) in [4.78, 5) is 7.14. The summed E-state index contributed by atoms with van der Waals surface area (Å²) in [6, 6.07) is 26.5. The van der Waals surface area contributed by atoms with Gasteiger partial charge in [-0.15, -0.1) is 0 Å². The second-order valence-electron chi connectivity index (χ2n) is 9.82. The second-order valence-corrected chi connectivity index (χ2v) is 15.1. The summed E-state index contributed by atoms with van der Waals surface area (Å²) in [5.74, 6) is 0.839. The van der Waals surface area contributed by atoms with Crippen molar-refractivity contribution in [1.82, 2.24) is 4.98 Å². The molecule has 1 atom stereocenters. The van der Waals surface area contributed by atoms with Crippen LogP contribution in [0.25, 0.3) is 10.2 Å². The Morgan fingerprint density at radius 1 is 1.03 bits per heavy atom. The van der Waals surface area contributed by atoms with Crippen molar-refractivity contribution in [2.75, 3.05) is 17.2 Å². The zero-order valence-electron chi connectivity index (χ0n) is 19.7. The Bertz CT molecular complexity index is 1230. The first-order valence-electron chi connectivity index (χ1n) is 11.6. The summed E-state index contributed by atoms with van der Waals surface area (Å²) >= 11 is 1.54. The smallest absolute Gasteiger partial charge is 0.320 e. The van der Waals surface area contributed by atoms with E-state index in [1.54, 1.807) is 0 Å². The van der Waals surface area contributed by atoms with E-state index in [-0.39, 0.29) is 5.04 Å². The van der Waals surface area contributed by atoms with Crippen LogP contribution in [-0.4, -0.2) is 25.9 Å². The van der Waals surface area contributed by atoms with E-state index in [4.69, 9.17) is 15.1 Å². The van der Waals surface area contributed by atoms with E-state index in [1.165, 1.54) is 27.4 Å². The predicted octanol–water partition coefficient (Wildman–Crippen LogP) is 5.42. The topological polar surface area (TPSA) is 51.2 Å². The molecule has 5 rings (SSSR count). The SMILES string of the molecule is CCC1CN1c1cc(O[Si](c2ccccc2)(c2ccccc2)C(C)(C)C)c2nc(N)sc2c1. The van der Waals surface area contributed by atoms with Crippen LogP contribution in [0.3, 0.4) is 0 Å². The monoisotopic (exact) mass is 473 g/mol. The van der Waals surface area contributed by atoms with Crippen molar-refractivity contribution in [3.63, 3.8) is 0 Å². The number of nitrogen functional groups attached to an aromatic ring is 1. The number of nitrogens with two attached hydrogens (primary N) is 1. The van der Waals surface area contributed by atoms with Gasteiger partial charge in [0.2, 0.25) is 0 Å². The van der Waals surface area contributed by atoms with Gasteiger partial charge in [-0.3, -0.25) is 0 Å². The lowest BCUT2D eigenvalue weighted by molar-refractivity contribution is 0.512. The third kappa shape index (κ3) is 3.81. The maximum absolute atomic E-state index is 7.35. The molecule has 0 bridgehead atoms. The van der Waals surface area contributed by atoms with E-state index in [0.717, 1.165) is 28.9 Å². The molecule has 6 heteroatoms. The van der Waals surface area contributed by atoms with Crippen molar-refractivity contribution in [3.8, 4) is 5.75 Å². The molecule has 3 aromatic carbocycles. The number of fused-ring (bicyclic) bond motifs is 1. The van der Waals surface area contributed by atoms with Crippen LogP contribution >= 0.6 is 11.3 Å². The summed E-state index contributed by atoms with van der Waals surface area (Å²) in [7, 11) is -2.76. The van der Waals surface area contributed by atoms with E-state index in [0.29, 0.717) is 11.2 Å². The Labute approximate surface area is 201 Å². The van der Waals surface area contributed by atoms with E-state index < -0.39 is 8.32 Å². The van der Waals surface area contributed by atoms with Gasteiger partial charge in [-0.1, -0.05) is 99.7 Å². The van der Waals surface area contributed by atoms with Crippen molar-refractivity contribution in [2.24, 2.45) is 0 Å². The van der Waals surface area contributed by atoms with Gasteiger partial charge >= 0.3 is 8.32 Å². The molecule has 1 aliphatic rings. The van der Waals surface area contributed by atoms with Crippen LogP contribution in [0.4, 0.5) is 10.8 Å². The molecule has 1 fully saturated rings. The Hall–Kier alpha value is -2.83. The summed E-state index contributed by atoms with van der Waals surface area (Å²) in [6.45, 7) is 10.2. The summed E-state index contributed by atoms with van der Waals surface area (Å²) in [5.41, 5.74) is 8.24. The highest BCUT2D eigenvalue weighted by Gasteiger charge is 2.52. The molecule has 4 aromatic rings. The first kappa shape index (κ1) is 22.0. The second kappa shape index (κ2) is 8.19. The molecule has 0 spiro atoms. The predicted molar refractivity (Wildman–Crippen MR) is 144 cm³/mol. The molecule has 170 valence electrons. The van der Waals surface area contributed by atoms with Gasteiger partial charge < -0.3 is 15.1 Å². The van der Waals surface area contributed by atoms with Crippen molar-refractivity contribution in [3.05, 3.63) is 72.8 Å². The molecular weight excluding hydrogens is 442 g/mol. The molecule has 0 aliphatic carbocycles. The molecular formula is C27H31N3OSSi. The number of hydrogen-bond acceptors (Lipinski definition) is 5. The molecule has 4 nitrogen and oxygen atoms in total. The number of benzene rings is 3. The number of rotatable bonds is 6. The first-order chi connectivity index (χ1) is 15.8. The maximum atomic E-state index is 7.35. The molecule has 2 heterocycles. The van der Waals surface area contributed by atoms with Gasteiger partial charge in [0, 0.05) is 24.3 Å². The molecule has 0 amide bonds. The summed E-state index contributed by atoms with van der Waals surface area (Å²) in [5, 5.41) is 2.96. The summed E-state index contributed by atoms with van der Waals surface area (Å²) < 4.78 is 8.44. The molecule has 0 saturated carbocycles. The molecule has 33 heavy (non-hydrogen) atoms. The molecule has 1 unspecified atom stereocenters. The minimum atomic E-state index is -2.76. The third-order valence-corrected chi connectivity index (χ3v) is 12.4. The Morgan fingerprint density at radius 2 is 1.64 bits per heavy atom. The van der Waals surface area contributed by atoms with Gasteiger partial charge in [0.15, 0.2) is 5.13 Å². The third-order valence-electron chi connectivity index (χ3n) is 6.66. The van der Waals surface area contributed by atoms with Crippen LogP contribution in [0.1, 0.15) is 34.1 Å². The van der Waals surface area contributed by atoms with Crippen LogP contribution in [0.2, 0.25) is 5.04 Å². The molecule has 0 radical (unpaired) electrons. The fourth-order valence-electron chi connectivity index (χ4n) is 4.91. The number of anilines is 2. The Kier molecular flexibility index (Phi) is 5.45. The highest BCUT2D eigenvalue weighted by molar-refractivity contribution is 7.22. The molecule has 2 N–H and O–H groups in total. The van der Waals surface area contributed by atoms with Crippen LogP contribution in [0.5, 0.6) is 5.75 Å². The quantitative estimate of drug-likeness (QED) is 0.300. The highest BCUT2D eigenvalue weighted by atomic mass is 32.1. The zero-order chi connectivity index (χ0) is 23.2. The van der Waals surface area contributed by atoms with E-state index in [9.17, 15) is 0 Å². The van der Waals surface area contributed by atoms with Gasteiger partial charge in [0.05, 0.1) is 4.70 Å². The number of hydrogen-bond donors (Lipinski definition) is 1. The minimum absolute atomic E-state index is 0.120. The fraction of sp³-hybridized carbons (Fsp3) is 0.296. The fourth-order valence-corrected chi connectivity index (χ4v) is 10.1. The Morgan fingerprint density at radius 3 is 2.15 bits per heavy atom. The van der Waals surface area contributed by atoms with Gasteiger partial charge in [-0.25, -0.2) is 4.98 Å². The van der Waals surface area contributed by atoms with Crippen LogP contribution < -0.4 is 25.4 Å². The van der Waals surface area contributed by atoms with Gasteiger partial charge in [-0.2, -0.15) is 0 Å². The van der Waals surface area contributed by atoms with E-state index >= 15 is 0 Å². The van der Waals surface area contributed by atoms with Crippen LogP contribution in [-0.2, 0) is 0 Å². The summed E-state index contributed by atoms with van der Waals surface area (Å²) in [6.07, 6.45) is 1.15. The van der Waals surface area contributed by atoms with Crippen LogP contribution in [0.15, 0.2) is 72.8 Å². The lowest BCUT2D eigenvalue weighted by Gasteiger charge is -2.43. The molecule has 1 aromatic heterocycles. The largest absolute Gasteiger partial charge is 0.532 e. The van der Waals surface area contributed by atoms with E-state index in [1.807, 2.05) is 0 Å². The molecule has 1 saturated heterocycles. The number of nitrogens with zero attached hydrogens (tertiary/aromatic N) is 2. The number of aromatic nitrogens is 1. The van der Waals surface area contributed by atoms with Gasteiger partial charge in [-0.05, 0) is 27.9 Å². The van der Waals surface area contributed by atoms with Crippen molar-refractivity contribution >= 4 is 51.1 Å². The average molecular weight is 474 g/mol. The van der Waals surface area contributed by atoms with Gasteiger partial charge in [0.1, 0.15) is 11.3 Å². The lowest BCUT2D eigenvalue weighted by Crippen LogP contribution is -2.68. The normalized spacial score (nSPS) is 16.2. The van der Waals surface area contributed by atoms with Crippen LogP contribution in [0, 0.1) is 0 Å². The average Bonchev–Trinajstić information content (AvgIpc) is 3.50. The lowest BCUT2D eigenvalue weighted by atomic mass is 10.2. The van der Waals surface area contributed by atoms with Crippen molar-refractivity contribution in [1.29, 1.82) is 0 Å². The number of thiazole rings is 1. The highest BCUT2D eigenvalue weighted by Crippen LogP contribution is 2.43. The van der Waals surface area contributed by atoms with Gasteiger partial charge in [0.25, 0.3) is 0 Å². The van der Waals surface area contributed by atoms with Crippen molar-refractivity contribution in [2.45, 2.75) is 45.2 Å². The Balaban J connectivity index is 1.74. The maximum Gasteiger partial charge on any atom is 0.320 e. The standard InChI is InChI=1S/C27H31N3OSSi/c1-5-19-18-30(19)20-16-23(25-24(17-20)32-26(28)29-25)31-33(27(2,3)4,21-12-8-6-9-13-21)22-14-10-7-11-15-22/h6-17,19H,5,18H2,1-4H3,(H2,28,29). The molecule has 1 aliphatic heterocycles.